The molecule has 4 aliphatic carbocycles. The van der Waals surface area contributed by atoms with Gasteiger partial charge in [0.05, 0.1) is 11.2 Å². The minimum Gasteiger partial charge on any atom is -0.370 e. The average Bonchev–Trinajstić information content (AvgIpc) is 2.79. The van der Waals surface area contributed by atoms with Crippen molar-refractivity contribution in [1.29, 1.82) is 0 Å². The molecule has 0 aliphatic heterocycles. The lowest BCUT2D eigenvalue weighted by Gasteiger charge is -2.56. The number of nitrogens with zero attached hydrogens (tertiary/aromatic N) is 2. The Morgan fingerprint density at radius 2 is 1.73 bits per heavy atom. The molecule has 0 saturated heterocycles. The smallest absolute Gasteiger partial charge is 0.224 e. The zero-order chi connectivity index (χ0) is 26.0. The SMILES string of the molecule is CN(C)CC(C)(C)CNCCCNc1ccc2c(NC(=O)CC34CC5CC(CC(C5)C3)C4)cccc2n1. The fourth-order valence-electron chi connectivity index (χ4n) is 8.17. The lowest BCUT2D eigenvalue weighted by atomic mass is 9.49. The van der Waals surface area contributed by atoms with Crippen LogP contribution in [0.3, 0.4) is 0 Å². The second-order valence-corrected chi connectivity index (χ2v) is 13.6. The topological polar surface area (TPSA) is 69.3 Å². The summed E-state index contributed by atoms with van der Waals surface area (Å²) in [6, 6.07) is 10.2. The number of rotatable bonds is 12. The zero-order valence-electron chi connectivity index (χ0n) is 23.4. The van der Waals surface area contributed by atoms with Gasteiger partial charge < -0.3 is 20.9 Å². The number of hydrogen-bond donors (Lipinski definition) is 3. The van der Waals surface area contributed by atoms with E-state index in [4.69, 9.17) is 4.98 Å². The average molecular weight is 506 g/mol. The lowest BCUT2D eigenvalue weighted by Crippen LogP contribution is -2.47. The van der Waals surface area contributed by atoms with Crippen LogP contribution < -0.4 is 16.0 Å². The van der Waals surface area contributed by atoms with Gasteiger partial charge in [-0.15, -0.1) is 0 Å². The first-order valence-corrected chi connectivity index (χ1v) is 14.5. The third-order valence-corrected chi connectivity index (χ3v) is 8.89. The second kappa shape index (κ2) is 10.9. The van der Waals surface area contributed by atoms with Gasteiger partial charge in [-0.2, -0.15) is 0 Å². The molecule has 1 amide bonds. The van der Waals surface area contributed by atoms with Crippen LogP contribution in [0.5, 0.6) is 0 Å². The Bertz CT molecular complexity index is 1060. The monoisotopic (exact) mass is 505 g/mol. The van der Waals surface area contributed by atoms with Crippen molar-refractivity contribution in [3.05, 3.63) is 30.3 Å². The number of carbonyl (C=O) groups is 1. The number of hydrogen-bond acceptors (Lipinski definition) is 5. The maximum atomic E-state index is 13.2. The summed E-state index contributed by atoms with van der Waals surface area (Å²) in [7, 11) is 4.25. The third kappa shape index (κ3) is 6.64. The number of benzene rings is 1. The van der Waals surface area contributed by atoms with E-state index in [0.29, 0.717) is 6.42 Å². The summed E-state index contributed by atoms with van der Waals surface area (Å²) in [6.07, 6.45) is 9.76. The van der Waals surface area contributed by atoms with Crippen LogP contribution in [0.2, 0.25) is 0 Å². The fourth-order valence-corrected chi connectivity index (χ4v) is 8.17. The van der Waals surface area contributed by atoms with Crippen molar-refractivity contribution in [2.45, 2.75) is 65.2 Å². The minimum absolute atomic E-state index is 0.179. The first-order chi connectivity index (χ1) is 17.7. The van der Waals surface area contributed by atoms with Crippen LogP contribution in [0.1, 0.15) is 65.2 Å². The molecule has 202 valence electrons. The Balaban J connectivity index is 1.11. The van der Waals surface area contributed by atoms with Gasteiger partial charge in [0.2, 0.25) is 5.91 Å². The summed E-state index contributed by atoms with van der Waals surface area (Å²) in [5.74, 6) is 3.68. The first kappa shape index (κ1) is 26.4. The molecule has 1 heterocycles. The zero-order valence-corrected chi connectivity index (χ0v) is 23.4. The molecule has 2 aromatic rings. The number of anilines is 2. The minimum atomic E-state index is 0.179. The summed E-state index contributed by atoms with van der Waals surface area (Å²) in [5, 5.41) is 11.3. The molecule has 6 nitrogen and oxygen atoms in total. The molecule has 37 heavy (non-hydrogen) atoms. The first-order valence-electron chi connectivity index (χ1n) is 14.5. The van der Waals surface area contributed by atoms with Crippen molar-refractivity contribution in [3.63, 3.8) is 0 Å². The van der Waals surface area contributed by atoms with Crippen molar-refractivity contribution in [3.8, 4) is 0 Å². The largest absolute Gasteiger partial charge is 0.370 e. The molecule has 1 aromatic carbocycles. The normalized spacial score (nSPS) is 26.7. The van der Waals surface area contributed by atoms with E-state index in [2.05, 4.69) is 54.9 Å². The van der Waals surface area contributed by atoms with E-state index in [1.165, 1.54) is 38.5 Å². The maximum Gasteiger partial charge on any atom is 0.224 e. The van der Waals surface area contributed by atoms with Crippen molar-refractivity contribution < 1.29 is 4.79 Å². The highest BCUT2D eigenvalue weighted by atomic mass is 16.1. The number of pyridine rings is 1. The molecule has 0 spiro atoms. The molecule has 4 saturated carbocycles. The van der Waals surface area contributed by atoms with Gasteiger partial charge in [0, 0.05) is 31.4 Å². The Morgan fingerprint density at radius 1 is 1.03 bits per heavy atom. The molecule has 4 aliphatic rings. The van der Waals surface area contributed by atoms with E-state index < -0.39 is 0 Å². The quantitative estimate of drug-likeness (QED) is 0.320. The molecule has 4 bridgehead atoms. The van der Waals surface area contributed by atoms with Gasteiger partial charge in [-0.05, 0) is 118 Å². The number of fused-ring (bicyclic) bond motifs is 1. The molecule has 3 N–H and O–H groups in total. The van der Waals surface area contributed by atoms with E-state index in [-0.39, 0.29) is 16.7 Å². The van der Waals surface area contributed by atoms with Gasteiger partial charge in [0.1, 0.15) is 5.82 Å². The van der Waals surface area contributed by atoms with Gasteiger partial charge in [-0.1, -0.05) is 19.9 Å². The van der Waals surface area contributed by atoms with Gasteiger partial charge in [-0.25, -0.2) is 4.98 Å². The molecule has 1 aromatic heterocycles. The molecular formula is C31H47N5O. The molecule has 0 unspecified atom stereocenters. The predicted octanol–water partition coefficient (Wildman–Crippen LogP) is 5.76. The van der Waals surface area contributed by atoms with Gasteiger partial charge >= 0.3 is 0 Å². The fraction of sp³-hybridized carbons (Fsp3) is 0.677. The van der Waals surface area contributed by atoms with E-state index in [1.807, 2.05) is 24.3 Å². The van der Waals surface area contributed by atoms with E-state index >= 15 is 0 Å². The standard InChI is InChI=1S/C31H47N5O/c1-30(2,21-36(3)4)20-32-11-6-12-33-28-10-9-25-26(34-28)7-5-8-27(25)35-29(37)19-31-16-22-13-23(17-31)15-24(14-22)18-31/h5,7-10,22-24,32H,6,11-21H2,1-4H3,(H,33,34)(H,35,37). The number of amides is 1. The van der Waals surface area contributed by atoms with Gasteiger partial charge in [0.25, 0.3) is 0 Å². The van der Waals surface area contributed by atoms with Crippen LogP contribution in [0, 0.1) is 28.6 Å². The highest BCUT2D eigenvalue weighted by Gasteiger charge is 2.51. The Morgan fingerprint density at radius 3 is 2.41 bits per heavy atom. The van der Waals surface area contributed by atoms with E-state index in [9.17, 15) is 4.79 Å². The summed E-state index contributed by atoms with van der Waals surface area (Å²) >= 11 is 0. The van der Waals surface area contributed by atoms with E-state index in [0.717, 1.165) is 72.8 Å². The molecule has 6 heteroatoms. The summed E-state index contributed by atoms with van der Waals surface area (Å²) < 4.78 is 0. The van der Waals surface area contributed by atoms with Gasteiger partial charge in [-0.3, -0.25) is 4.79 Å². The summed E-state index contributed by atoms with van der Waals surface area (Å²) in [4.78, 5) is 20.3. The molecule has 0 radical (unpaired) electrons. The molecule has 4 fully saturated rings. The number of nitrogens with one attached hydrogen (secondary N) is 3. The van der Waals surface area contributed by atoms with Crippen LogP contribution in [0.4, 0.5) is 11.5 Å². The van der Waals surface area contributed by atoms with Crippen molar-refractivity contribution in [2.24, 2.45) is 28.6 Å². The summed E-state index contributed by atoms with van der Waals surface area (Å²) in [5.41, 5.74) is 2.33. The van der Waals surface area contributed by atoms with Crippen molar-refractivity contribution in [2.75, 3.05) is 50.9 Å². The molecule has 6 rings (SSSR count). The highest BCUT2D eigenvalue weighted by Crippen LogP contribution is 2.61. The number of carbonyl (C=O) groups excluding carboxylic acids is 1. The second-order valence-electron chi connectivity index (χ2n) is 13.6. The van der Waals surface area contributed by atoms with Crippen molar-refractivity contribution >= 4 is 28.3 Å². The number of aromatic nitrogens is 1. The van der Waals surface area contributed by atoms with E-state index in [1.54, 1.807) is 0 Å². The Labute approximate surface area is 223 Å². The Kier molecular flexibility index (Phi) is 7.78. The lowest BCUT2D eigenvalue weighted by molar-refractivity contribution is -0.124. The van der Waals surface area contributed by atoms with Crippen LogP contribution in [0.15, 0.2) is 30.3 Å². The van der Waals surface area contributed by atoms with Crippen LogP contribution >= 0.6 is 0 Å². The molecular weight excluding hydrogens is 458 g/mol. The predicted molar refractivity (Wildman–Crippen MR) is 154 cm³/mol. The highest BCUT2D eigenvalue weighted by molar-refractivity contribution is 6.01. The maximum absolute atomic E-state index is 13.2. The molecule has 0 atom stereocenters. The van der Waals surface area contributed by atoms with Crippen LogP contribution in [-0.2, 0) is 4.79 Å². The summed E-state index contributed by atoms with van der Waals surface area (Å²) in [6.45, 7) is 8.55. The van der Waals surface area contributed by atoms with Crippen molar-refractivity contribution in [1.82, 2.24) is 15.2 Å². The van der Waals surface area contributed by atoms with Gasteiger partial charge in [0.15, 0.2) is 0 Å². The van der Waals surface area contributed by atoms with Crippen LogP contribution in [0.25, 0.3) is 10.9 Å². The third-order valence-electron chi connectivity index (χ3n) is 8.89. The van der Waals surface area contributed by atoms with Crippen LogP contribution in [-0.4, -0.2) is 56.1 Å². The Hall–Kier alpha value is -2.18.